The summed E-state index contributed by atoms with van der Waals surface area (Å²) in [5.41, 5.74) is 2.86. The third-order valence-corrected chi connectivity index (χ3v) is 4.40. The second kappa shape index (κ2) is 6.62. The lowest BCUT2D eigenvalue weighted by Crippen LogP contribution is -2.40. The van der Waals surface area contributed by atoms with E-state index in [1.54, 1.807) is 6.33 Å². The third-order valence-electron chi connectivity index (χ3n) is 4.40. The molecule has 1 unspecified atom stereocenters. The Kier molecular flexibility index (Phi) is 4.59. The van der Waals surface area contributed by atoms with Crippen molar-refractivity contribution in [2.45, 2.75) is 32.8 Å². The molecule has 0 amide bonds. The largest absolute Gasteiger partial charge is 0.390 e. The number of hydrogen-bond donors (Lipinski definition) is 3. The van der Waals surface area contributed by atoms with E-state index in [2.05, 4.69) is 32.1 Å². The Bertz CT molecular complexity index is 618. The molecule has 2 aromatic rings. The Morgan fingerprint density at radius 2 is 2.18 bits per heavy atom. The van der Waals surface area contributed by atoms with Gasteiger partial charge in [-0.25, -0.2) is 9.97 Å². The molecule has 1 fully saturated rings. The number of fused-ring (bicyclic) bond motifs is 1. The molecule has 22 heavy (non-hydrogen) atoms. The summed E-state index contributed by atoms with van der Waals surface area (Å²) in [7, 11) is 0. The maximum Gasteiger partial charge on any atom is 0.153 e. The van der Waals surface area contributed by atoms with Crippen molar-refractivity contribution in [3.05, 3.63) is 18.1 Å². The van der Waals surface area contributed by atoms with E-state index in [1.165, 1.54) is 12.8 Å². The zero-order chi connectivity index (χ0) is 15.5. The fourth-order valence-corrected chi connectivity index (χ4v) is 3.03. The number of hydrogen-bond acceptors (Lipinski definition) is 5. The molecule has 0 spiro atoms. The highest BCUT2D eigenvalue weighted by Gasteiger charge is 2.18. The summed E-state index contributed by atoms with van der Waals surface area (Å²) in [6.07, 6.45) is 3.62. The van der Waals surface area contributed by atoms with Crippen molar-refractivity contribution < 1.29 is 5.11 Å². The van der Waals surface area contributed by atoms with E-state index in [9.17, 15) is 5.11 Å². The van der Waals surface area contributed by atoms with E-state index in [1.807, 2.05) is 13.0 Å². The van der Waals surface area contributed by atoms with E-state index in [0.717, 1.165) is 48.1 Å². The quantitative estimate of drug-likeness (QED) is 0.785. The summed E-state index contributed by atoms with van der Waals surface area (Å²) < 4.78 is 0. The number of nitrogens with one attached hydrogen (secondary N) is 2. The van der Waals surface area contributed by atoms with Gasteiger partial charge in [0.2, 0.25) is 0 Å². The van der Waals surface area contributed by atoms with Crippen molar-refractivity contribution >= 4 is 16.9 Å². The number of likely N-dealkylation sites (tertiary alicyclic amines) is 1. The van der Waals surface area contributed by atoms with E-state index in [4.69, 9.17) is 0 Å². The monoisotopic (exact) mass is 303 g/mol. The van der Waals surface area contributed by atoms with Gasteiger partial charge in [-0.05, 0) is 44.8 Å². The van der Waals surface area contributed by atoms with Gasteiger partial charge >= 0.3 is 0 Å². The number of β-amino-alcohol motifs (C(OH)–C–C–N with tert-alkyl or cyclic N) is 1. The fourth-order valence-electron chi connectivity index (χ4n) is 3.03. The first kappa shape index (κ1) is 15.2. The number of aromatic amines is 1. The molecule has 1 aliphatic heterocycles. The highest BCUT2D eigenvalue weighted by atomic mass is 16.3. The van der Waals surface area contributed by atoms with Crippen LogP contribution in [0, 0.1) is 12.8 Å². The van der Waals surface area contributed by atoms with Crippen LogP contribution in [0.3, 0.4) is 0 Å². The van der Waals surface area contributed by atoms with Gasteiger partial charge in [-0.2, -0.15) is 0 Å². The van der Waals surface area contributed by atoms with Crippen molar-refractivity contribution in [2.75, 3.05) is 31.5 Å². The van der Waals surface area contributed by atoms with Crippen LogP contribution in [0.4, 0.5) is 5.82 Å². The highest BCUT2D eigenvalue weighted by Crippen LogP contribution is 2.19. The van der Waals surface area contributed by atoms with Crippen LogP contribution in [-0.2, 0) is 0 Å². The Morgan fingerprint density at radius 1 is 1.41 bits per heavy atom. The van der Waals surface area contributed by atoms with Gasteiger partial charge < -0.3 is 20.3 Å². The number of anilines is 1. The Balaban J connectivity index is 1.55. The van der Waals surface area contributed by atoms with Gasteiger partial charge in [0.05, 0.1) is 11.6 Å². The maximum absolute atomic E-state index is 10.2. The highest BCUT2D eigenvalue weighted by molar-refractivity contribution is 5.86. The van der Waals surface area contributed by atoms with Crippen molar-refractivity contribution in [1.82, 2.24) is 19.9 Å². The number of piperidine rings is 1. The van der Waals surface area contributed by atoms with Crippen molar-refractivity contribution in [3.8, 4) is 0 Å². The fraction of sp³-hybridized carbons (Fsp3) is 0.625. The lowest BCUT2D eigenvalue weighted by atomic mass is 9.99. The SMILES string of the molecule is Cc1cc2ncnc(NCC(O)CN3CCC(C)CC3)c2[nH]1. The van der Waals surface area contributed by atoms with Crippen molar-refractivity contribution in [3.63, 3.8) is 0 Å². The number of aliphatic hydroxyl groups excluding tert-OH is 1. The molecule has 0 bridgehead atoms. The molecule has 1 atom stereocenters. The molecule has 0 aromatic carbocycles. The maximum atomic E-state index is 10.2. The molecule has 120 valence electrons. The van der Waals surface area contributed by atoms with Gasteiger partial charge in [0.1, 0.15) is 11.8 Å². The lowest BCUT2D eigenvalue weighted by molar-refractivity contribution is 0.0990. The Morgan fingerprint density at radius 3 is 2.95 bits per heavy atom. The van der Waals surface area contributed by atoms with Gasteiger partial charge in [0.15, 0.2) is 5.82 Å². The molecule has 3 N–H and O–H groups in total. The molecule has 0 saturated carbocycles. The summed E-state index contributed by atoms with van der Waals surface area (Å²) in [6.45, 7) is 7.69. The molecular weight excluding hydrogens is 278 g/mol. The van der Waals surface area contributed by atoms with Crippen LogP contribution >= 0.6 is 0 Å². The lowest BCUT2D eigenvalue weighted by Gasteiger charge is -2.31. The second-order valence-corrected chi connectivity index (χ2v) is 6.45. The minimum atomic E-state index is -0.394. The summed E-state index contributed by atoms with van der Waals surface area (Å²) in [6, 6.07) is 1.99. The molecule has 3 heterocycles. The van der Waals surface area contributed by atoms with Gasteiger partial charge in [0, 0.05) is 18.8 Å². The van der Waals surface area contributed by atoms with Gasteiger partial charge in [0.25, 0.3) is 0 Å². The number of aromatic nitrogens is 3. The van der Waals surface area contributed by atoms with Crippen LogP contribution in [-0.4, -0.2) is 57.2 Å². The number of H-pyrrole nitrogens is 1. The van der Waals surface area contributed by atoms with Crippen LogP contribution in [0.5, 0.6) is 0 Å². The van der Waals surface area contributed by atoms with E-state index in [0.29, 0.717) is 6.54 Å². The number of rotatable bonds is 5. The first-order valence-electron chi connectivity index (χ1n) is 8.06. The number of aliphatic hydroxyl groups is 1. The molecule has 0 aliphatic carbocycles. The van der Waals surface area contributed by atoms with Crippen molar-refractivity contribution in [1.29, 1.82) is 0 Å². The first-order valence-corrected chi connectivity index (χ1v) is 8.06. The molecule has 1 aliphatic rings. The zero-order valence-electron chi connectivity index (χ0n) is 13.3. The van der Waals surface area contributed by atoms with E-state index < -0.39 is 6.10 Å². The average molecular weight is 303 g/mol. The van der Waals surface area contributed by atoms with Crippen LogP contribution < -0.4 is 5.32 Å². The first-order chi connectivity index (χ1) is 10.6. The minimum absolute atomic E-state index is 0.394. The van der Waals surface area contributed by atoms with Crippen LogP contribution in [0.1, 0.15) is 25.5 Å². The zero-order valence-corrected chi connectivity index (χ0v) is 13.3. The normalized spacial score (nSPS) is 18.7. The molecule has 6 heteroatoms. The Hall–Kier alpha value is -1.66. The van der Waals surface area contributed by atoms with Crippen LogP contribution in [0.2, 0.25) is 0 Å². The van der Waals surface area contributed by atoms with Gasteiger partial charge in [-0.15, -0.1) is 0 Å². The summed E-state index contributed by atoms with van der Waals surface area (Å²) >= 11 is 0. The minimum Gasteiger partial charge on any atom is -0.390 e. The van der Waals surface area contributed by atoms with Crippen molar-refractivity contribution in [2.24, 2.45) is 5.92 Å². The summed E-state index contributed by atoms with van der Waals surface area (Å²) in [5.74, 6) is 1.57. The molecular formula is C16H25N5O. The second-order valence-electron chi connectivity index (χ2n) is 6.45. The molecule has 3 rings (SSSR count). The van der Waals surface area contributed by atoms with Gasteiger partial charge in [-0.3, -0.25) is 0 Å². The average Bonchev–Trinajstić information content (AvgIpc) is 2.88. The summed E-state index contributed by atoms with van der Waals surface area (Å²) in [5, 5.41) is 13.5. The number of aryl methyl sites for hydroxylation is 1. The molecule has 1 saturated heterocycles. The molecule has 2 aromatic heterocycles. The van der Waals surface area contributed by atoms with Gasteiger partial charge in [-0.1, -0.05) is 6.92 Å². The topological polar surface area (TPSA) is 77.1 Å². The molecule has 6 nitrogen and oxygen atoms in total. The van der Waals surface area contributed by atoms with E-state index in [-0.39, 0.29) is 0 Å². The predicted molar refractivity (Wildman–Crippen MR) is 88.0 cm³/mol. The van der Waals surface area contributed by atoms with Crippen LogP contribution in [0.15, 0.2) is 12.4 Å². The smallest absolute Gasteiger partial charge is 0.153 e. The van der Waals surface area contributed by atoms with E-state index >= 15 is 0 Å². The standard InChI is InChI=1S/C16H25N5O/c1-11-3-5-21(6-4-11)9-13(22)8-17-16-15-14(18-10-19-16)7-12(2)20-15/h7,10-11,13,20,22H,3-6,8-9H2,1-2H3,(H,17,18,19). The summed E-state index contributed by atoms with van der Waals surface area (Å²) in [4.78, 5) is 14.1. The van der Waals surface area contributed by atoms with Crippen LogP contribution in [0.25, 0.3) is 11.0 Å². The molecule has 0 radical (unpaired) electrons. The Labute approximate surface area is 131 Å². The third kappa shape index (κ3) is 3.56. The predicted octanol–water partition coefficient (Wildman–Crippen LogP) is 1.77. The number of nitrogens with zero attached hydrogens (tertiary/aromatic N) is 3.